The van der Waals surface area contributed by atoms with Gasteiger partial charge in [0.15, 0.2) is 0 Å². The molecular weight excluding hydrogens is 409 g/mol. The van der Waals surface area contributed by atoms with Crippen molar-refractivity contribution in [3.63, 3.8) is 0 Å². The first kappa shape index (κ1) is 20.9. The standard InChI is InChI=1S/C23H19Cl2NO3/c24-19-12-6-4-10-17(19)15-29-22(27)14-21(16-8-2-1-3-9-16)26-23(28)18-11-5-7-13-20(18)25/h1-13,21H,14-15H2,(H,26,28). The molecule has 0 spiro atoms. The third-order valence-electron chi connectivity index (χ3n) is 4.34. The van der Waals surface area contributed by atoms with Gasteiger partial charge in [-0.25, -0.2) is 0 Å². The minimum absolute atomic E-state index is 0.0232. The van der Waals surface area contributed by atoms with Gasteiger partial charge in [-0.05, 0) is 23.8 Å². The highest BCUT2D eigenvalue weighted by Crippen LogP contribution is 2.22. The van der Waals surface area contributed by atoms with Gasteiger partial charge < -0.3 is 10.1 Å². The molecule has 0 aliphatic carbocycles. The summed E-state index contributed by atoms with van der Waals surface area (Å²) >= 11 is 12.2. The predicted molar refractivity (Wildman–Crippen MR) is 114 cm³/mol. The Kier molecular flexibility index (Phi) is 7.28. The first-order valence-electron chi connectivity index (χ1n) is 9.04. The van der Waals surface area contributed by atoms with E-state index in [1.807, 2.05) is 42.5 Å². The van der Waals surface area contributed by atoms with E-state index in [9.17, 15) is 9.59 Å². The van der Waals surface area contributed by atoms with E-state index in [1.54, 1.807) is 36.4 Å². The molecule has 3 aromatic carbocycles. The zero-order valence-corrected chi connectivity index (χ0v) is 17.0. The lowest BCUT2D eigenvalue weighted by Gasteiger charge is -2.19. The number of amides is 1. The molecule has 148 valence electrons. The van der Waals surface area contributed by atoms with Crippen LogP contribution in [0.15, 0.2) is 78.9 Å². The maximum Gasteiger partial charge on any atom is 0.308 e. The fourth-order valence-electron chi connectivity index (χ4n) is 2.82. The minimum Gasteiger partial charge on any atom is -0.461 e. The van der Waals surface area contributed by atoms with Crippen LogP contribution in [-0.2, 0) is 16.1 Å². The van der Waals surface area contributed by atoms with Gasteiger partial charge in [0.25, 0.3) is 5.91 Å². The minimum atomic E-state index is -0.557. The summed E-state index contributed by atoms with van der Waals surface area (Å²) in [7, 11) is 0. The lowest BCUT2D eigenvalue weighted by atomic mass is 10.0. The Labute approximate surface area is 179 Å². The van der Waals surface area contributed by atoms with Crippen LogP contribution >= 0.6 is 23.2 Å². The van der Waals surface area contributed by atoms with Crippen LogP contribution < -0.4 is 5.32 Å². The molecule has 0 aliphatic rings. The summed E-state index contributed by atoms with van der Waals surface area (Å²) in [6, 6.07) is 22.6. The highest BCUT2D eigenvalue weighted by atomic mass is 35.5. The van der Waals surface area contributed by atoms with Gasteiger partial charge in [0.1, 0.15) is 6.61 Å². The molecule has 0 aromatic heterocycles. The number of hydrogen-bond donors (Lipinski definition) is 1. The van der Waals surface area contributed by atoms with Gasteiger partial charge in [-0.15, -0.1) is 0 Å². The second kappa shape index (κ2) is 10.1. The van der Waals surface area contributed by atoms with E-state index < -0.39 is 12.0 Å². The molecule has 29 heavy (non-hydrogen) atoms. The van der Waals surface area contributed by atoms with E-state index in [-0.39, 0.29) is 18.9 Å². The van der Waals surface area contributed by atoms with Crippen LogP contribution in [0.5, 0.6) is 0 Å². The molecule has 0 saturated heterocycles. The van der Waals surface area contributed by atoms with Gasteiger partial charge in [0.05, 0.1) is 23.0 Å². The molecule has 1 amide bonds. The molecule has 0 saturated carbocycles. The Morgan fingerprint density at radius 1 is 0.828 bits per heavy atom. The molecular formula is C23H19Cl2NO3. The first-order valence-corrected chi connectivity index (χ1v) is 9.79. The summed E-state index contributed by atoms with van der Waals surface area (Å²) in [4.78, 5) is 25.1. The highest BCUT2D eigenvalue weighted by Gasteiger charge is 2.21. The normalized spacial score (nSPS) is 11.5. The Bertz CT molecular complexity index is 992. The van der Waals surface area contributed by atoms with E-state index in [1.165, 1.54) is 0 Å². The molecule has 6 heteroatoms. The molecule has 0 bridgehead atoms. The second-order valence-electron chi connectivity index (χ2n) is 6.37. The van der Waals surface area contributed by atoms with Gasteiger partial charge >= 0.3 is 5.97 Å². The molecule has 0 fully saturated rings. The average Bonchev–Trinajstić information content (AvgIpc) is 2.73. The number of benzene rings is 3. The molecule has 0 heterocycles. The Morgan fingerprint density at radius 3 is 2.14 bits per heavy atom. The van der Waals surface area contributed by atoms with Crippen molar-refractivity contribution in [2.75, 3.05) is 0 Å². The van der Waals surface area contributed by atoms with E-state index in [4.69, 9.17) is 27.9 Å². The maximum atomic E-state index is 12.7. The van der Waals surface area contributed by atoms with Crippen LogP contribution in [0.1, 0.15) is 33.9 Å². The van der Waals surface area contributed by atoms with Crippen LogP contribution in [0, 0.1) is 0 Å². The quantitative estimate of drug-likeness (QED) is 0.499. The third-order valence-corrected chi connectivity index (χ3v) is 5.04. The molecule has 1 unspecified atom stereocenters. The molecule has 4 nitrogen and oxygen atoms in total. The number of esters is 1. The molecule has 1 N–H and O–H groups in total. The molecule has 0 radical (unpaired) electrons. The summed E-state index contributed by atoms with van der Waals surface area (Å²) in [6.07, 6.45) is -0.0232. The molecule has 0 aliphatic heterocycles. The van der Waals surface area contributed by atoms with Crippen LogP contribution in [0.3, 0.4) is 0 Å². The van der Waals surface area contributed by atoms with Gasteiger partial charge in [-0.3, -0.25) is 9.59 Å². The summed E-state index contributed by atoms with van der Waals surface area (Å²) in [5.41, 5.74) is 1.86. The number of hydrogen-bond acceptors (Lipinski definition) is 3. The SMILES string of the molecule is O=C(CC(NC(=O)c1ccccc1Cl)c1ccccc1)OCc1ccccc1Cl. The Balaban J connectivity index is 1.71. The maximum absolute atomic E-state index is 12.7. The fourth-order valence-corrected chi connectivity index (χ4v) is 3.23. The van der Waals surface area contributed by atoms with Gasteiger partial charge in [0.2, 0.25) is 0 Å². The zero-order chi connectivity index (χ0) is 20.6. The van der Waals surface area contributed by atoms with Gasteiger partial charge in [-0.2, -0.15) is 0 Å². The average molecular weight is 428 g/mol. The van der Waals surface area contributed by atoms with Crippen LogP contribution in [0.2, 0.25) is 10.0 Å². The van der Waals surface area contributed by atoms with Crippen molar-refractivity contribution >= 4 is 35.1 Å². The number of carbonyl (C=O) groups is 2. The number of rotatable bonds is 7. The monoisotopic (exact) mass is 427 g/mol. The Hall–Kier alpha value is -2.82. The summed E-state index contributed by atoms with van der Waals surface area (Å²) < 4.78 is 5.37. The van der Waals surface area contributed by atoms with E-state index in [0.717, 1.165) is 11.1 Å². The number of halogens is 2. The summed E-state index contributed by atoms with van der Waals surface area (Å²) in [6.45, 7) is 0.0679. The van der Waals surface area contributed by atoms with Crippen LogP contribution in [0.4, 0.5) is 0 Å². The van der Waals surface area contributed by atoms with E-state index >= 15 is 0 Å². The van der Waals surface area contributed by atoms with Crippen molar-refractivity contribution in [3.05, 3.63) is 106 Å². The van der Waals surface area contributed by atoms with E-state index in [2.05, 4.69) is 5.32 Å². The molecule has 3 aromatic rings. The van der Waals surface area contributed by atoms with Crippen molar-refractivity contribution in [2.24, 2.45) is 0 Å². The molecule has 1 atom stereocenters. The number of carbonyl (C=O) groups excluding carboxylic acids is 2. The number of ether oxygens (including phenoxy) is 1. The summed E-state index contributed by atoms with van der Waals surface area (Å²) in [5, 5.41) is 3.76. The first-order chi connectivity index (χ1) is 14.0. The van der Waals surface area contributed by atoms with Gasteiger partial charge in [-0.1, -0.05) is 83.9 Å². The fraction of sp³-hybridized carbons (Fsp3) is 0.130. The smallest absolute Gasteiger partial charge is 0.308 e. The summed E-state index contributed by atoms with van der Waals surface area (Å²) in [5.74, 6) is -0.804. The zero-order valence-electron chi connectivity index (χ0n) is 15.5. The van der Waals surface area contributed by atoms with Crippen molar-refractivity contribution in [3.8, 4) is 0 Å². The topological polar surface area (TPSA) is 55.4 Å². The lowest BCUT2D eigenvalue weighted by Crippen LogP contribution is -2.30. The second-order valence-corrected chi connectivity index (χ2v) is 7.19. The highest BCUT2D eigenvalue weighted by molar-refractivity contribution is 6.33. The van der Waals surface area contributed by atoms with Crippen molar-refractivity contribution in [1.82, 2.24) is 5.32 Å². The van der Waals surface area contributed by atoms with Crippen molar-refractivity contribution in [1.29, 1.82) is 0 Å². The van der Waals surface area contributed by atoms with Crippen LogP contribution in [0.25, 0.3) is 0 Å². The van der Waals surface area contributed by atoms with Gasteiger partial charge in [0, 0.05) is 10.6 Å². The lowest BCUT2D eigenvalue weighted by molar-refractivity contribution is -0.145. The largest absolute Gasteiger partial charge is 0.461 e. The molecule has 3 rings (SSSR count). The Morgan fingerprint density at radius 2 is 1.45 bits per heavy atom. The van der Waals surface area contributed by atoms with Crippen LogP contribution in [-0.4, -0.2) is 11.9 Å². The van der Waals surface area contributed by atoms with E-state index in [0.29, 0.717) is 15.6 Å². The van der Waals surface area contributed by atoms with Crippen molar-refractivity contribution < 1.29 is 14.3 Å². The third kappa shape index (κ3) is 5.83. The predicted octanol–water partition coefficient (Wildman–Crippen LogP) is 5.60. The number of nitrogens with one attached hydrogen (secondary N) is 1. The van der Waals surface area contributed by atoms with Crippen molar-refractivity contribution in [2.45, 2.75) is 19.1 Å².